The first-order valence-electron chi connectivity index (χ1n) is 14.8. The van der Waals surface area contributed by atoms with Crippen LogP contribution in [-0.2, 0) is 14.2 Å². The van der Waals surface area contributed by atoms with Crippen LogP contribution in [0.25, 0.3) is 0 Å². The summed E-state index contributed by atoms with van der Waals surface area (Å²) in [4.78, 5) is 14.0. The van der Waals surface area contributed by atoms with E-state index in [0.29, 0.717) is 36.2 Å². The van der Waals surface area contributed by atoms with Crippen LogP contribution in [0.3, 0.4) is 0 Å². The van der Waals surface area contributed by atoms with Crippen LogP contribution in [0.5, 0.6) is 0 Å². The van der Waals surface area contributed by atoms with Crippen molar-refractivity contribution in [1.82, 2.24) is 15.0 Å². The second kappa shape index (κ2) is 13.2. The van der Waals surface area contributed by atoms with Gasteiger partial charge in [0.25, 0.3) is 0 Å². The van der Waals surface area contributed by atoms with E-state index >= 15 is 0 Å². The molecule has 3 N–H and O–H groups in total. The number of nitrogens with one attached hydrogen (secondary N) is 3. The molecule has 3 fully saturated rings. The highest BCUT2D eigenvalue weighted by molar-refractivity contribution is 5.42. The summed E-state index contributed by atoms with van der Waals surface area (Å²) in [6.07, 6.45) is 4.43. The maximum atomic E-state index is 5.42. The third-order valence-electron chi connectivity index (χ3n) is 7.61. The van der Waals surface area contributed by atoms with Gasteiger partial charge >= 0.3 is 0 Å². The number of likely N-dealkylation sites (N-methyl/N-ethyl adjacent to an activating group) is 3. The van der Waals surface area contributed by atoms with Crippen LogP contribution in [-0.4, -0.2) is 168 Å². The van der Waals surface area contributed by atoms with Crippen LogP contribution in [0, 0.1) is 0 Å². The molecule has 39 heavy (non-hydrogen) atoms. The van der Waals surface area contributed by atoms with Gasteiger partial charge in [0.15, 0.2) is 0 Å². The number of ether oxygens (including phenoxy) is 3. The zero-order valence-electron chi connectivity index (χ0n) is 25.2. The Hall–Kier alpha value is -1.83. The Bertz CT molecular complexity index is 776. The molecule has 1 aromatic rings. The largest absolute Gasteiger partial charge is 0.367 e. The van der Waals surface area contributed by atoms with Crippen molar-refractivity contribution >= 4 is 17.8 Å². The molecule has 3 aliphatic heterocycles. The van der Waals surface area contributed by atoms with Crippen molar-refractivity contribution in [2.75, 3.05) is 137 Å². The number of hydrogen-bond acceptors (Lipinski definition) is 9. The Morgan fingerprint density at radius 1 is 0.538 bits per heavy atom. The molecule has 0 spiro atoms. The number of epoxide rings is 3. The molecule has 0 bridgehead atoms. The third kappa shape index (κ3) is 12.5. The first-order chi connectivity index (χ1) is 18.5. The second-order valence-electron chi connectivity index (χ2n) is 13.5. The lowest BCUT2D eigenvalue weighted by atomic mass is 10.3. The predicted octanol–water partition coefficient (Wildman–Crippen LogP) is 0.703. The standard InChI is InChI=1S/C27H54N9O3/c1-34(2,16-22-19-37-22)13-7-10-28-25-31-26(29-11-8-14-35(3,4)17-23-20-38-23)33-27(32-25)30-12-9-15-36(5,6)18-24-21-39-24/h22-24H,7-21H2,1-6H3,(H3,28,29,30,31,32,33)/q+3. The summed E-state index contributed by atoms with van der Waals surface area (Å²) in [7, 11) is 13.6. The quantitative estimate of drug-likeness (QED) is 0.115. The molecule has 12 heteroatoms. The Morgan fingerprint density at radius 2 is 0.795 bits per heavy atom. The van der Waals surface area contributed by atoms with E-state index in [2.05, 4.69) is 73.2 Å². The van der Waals surface area contributed by atoms with E-state index in [0.717, 1.165) is 111 Å². The van der Waals surface area contributed by atoms with E-state index < -0.39 is 0 Å². The lowest BCUT2D eigenvalue weighted by Crippen LogP contribution is -2.44. The molecule has 3 saturated heterocycles. The summed E-state index contributed by atoms with van der Waals surface area (Å²) in [5, 5.41) is 10.3. The van der Waals surface area contributed by atoms with Gasteiger partial charge in [-0.15, -0.1) is 0 Å². The Morgan fingerprint density at radius 3 is 1.03 bits per heavy atom. The molecule has 1 aromatic heterocycles. The van der Waals surface area contributed by atoms with Crippen molar-refractivity contribution in [2.24, 2.45) is 0 Å². The summed E-state index contributed by atoms with van der Waals surface area (Å²) < 4.78 is 19.1. The van der Waals surface area contributed by atoms with Crippen molar-refractivity contribution in [3.05, 3.63) is 0 Å². The second-order valence-corrected chi connectivity index (χ2v) is 13.5. The molecule has 0 radical (unpaired) electrons. The lowest BCUT2D eigenvalue weighted by molar-refractivity contribution is -0.890. The van der Waals surface area contributed by atoms with Gasteiger partial charge in [-0.2, -0.15) is 15.0 Å². The average molecular weight is 553 g/mol. The highest BCUT2D eigenvalue weighted by Gasteiger charge is 2.32. The van der Waals surface area contributed by atoms with Crippen LogP contribution in [0.15, 0.2) is 0 Å². The van der Waals surface area contributed by atoms with Gasteiger partial charge in [0.2, 0.25) is 17.8 Å². The van der Waals surface area contributed by atoms with Gasteiger partial charge < -0.3 is 43.6 Å². The molecule has 3 aliphatic rings. The number of quaternary nitrogens is 3. The summed E-state index contributed by atoms with van der Waals surface area (Å²) in [6, 6.07) is 0. The number of aromatic nitrogens is 3. The van der Waals surface area contributed by atoms with Crippen molar-refractivity contribution in [2.45, 2.75) is 37.6 Å². The van der Waals surface area contributed by atoms with Crippen LogP contribution < -0.4 is 16.0 Å². The van der Waals surface area contributed by atoms with Crippen molar-refractivity contribution in [3.8, 4) is 0 Å². The fourth-order valence-corrected chi connectivity index (χ4v) is 5.18. The van der Waals surface area contributed by atoms with Crippen LogP contribution in [0.1, 0.15) is 19.3 Å². The Labute approximate surface area is 235 Å². The van der Waals surface area contributed by atoms with Crippen LogP contribution >= 0.6 is 0 Å². The molecule has 4 rings (SSSR count). The first-order valence-corrected chi connectivity index (χ1v) is 14.8. The molecule has 0 aliphatic carbocycles. The Kier molecular flexibility index (Phi) is 10.2. The zero-order chi connectivity index (χ0) is 27.9. The molecule has 4 heterocycles. The van der Waals surface area contributed by atoms with Gasteiger partial charge in [-0.25, -0.2) is 0 Å². The average Bonchev–Trinajstić information content (AvgIpc) is 3.66. The molecule has 0 aromatic carbocycles. The fourth-order valence-electron chi connectivity index (χ4n) is 5.18. The minimum Gasteiger partial charge on any atom is -0.367 e. The van der Waals surface area contributed by atoms with Gasteiger partial charge in [-0.1, -0.05) is 0 Å². The topological polar surface area (TPSA) is 112 Å². The minimum absolute atomic E-state index is 0.441. The van der Waals surface area contributed by atoms with Crippen LogP contribution in [0.4, 0.5) is 17.8 Å². The van der Waals surface area contributed by atoms with E-state index in [-0.39, 0.29) is 0 Å². The smallest absolute Gasteiger partial charge is 0.229 e. The van der Waals surface area contributed by atoms with Gasteiger partial charge in [0.1, 0.15) is 37.9 Å². The van der Waals surface area contributed by atoms with Gasteiger partial charge in [0.05, 0.1) is 81.7 Å². The van der Waals surface area contributed by atoms with Crippen LogP contribution in [0.2, 0.25) is 0 Å². The molecule has 0 saturated carbocycles. The number of rotatable bonds is 21. The van der Waals surface area contributed by atoms with E-state index in [1.807, 2.05) is 0 Å². The van der Waals surface area contributed by atoms with Gasteiger partial charge in [0, 0.05) is 38.9 Å². The van der Waals surface area contributed by atoms with Gasteiger partial charge in [-0.3, -0.25) is 0 Å². The SMILES string of the molecule is C[N+](C)(CCCNc1nc(NCCC[N+](C)(C)CC2CO2)nc(NCCC[N+](C)(C)CC2CO2)n1)CC1CO1. The van der Waals surface area contributed by atoms with E-state index in [1.165, 1.54) is 0 Å². The zero-order valence-corrected chi connectivity index (χ0v) is 25.2. The predicted molar refractivity (Wildman–Crippen MR) is 154 cm³/mol. The minimum atomic E-state index is 0.441. The maximum Gasteiger partial charge on any atom is 0.229 e. The number of nitrogens with zero attached hydrogens (tertiary/aromatic N) is 6. The van der Waals surface area contributed by atoms with E-state index in [1.54, 1.807) is 0 Å². The highest BCUT2D eigenvalue weighted by Crippen LogP contribution is 2.17. The maximum absolute atomic E-state index is 5.42. The molecular weight excluding hydrogens is 498 g/mol. The normalized spacial score (nSPS) is 22.5. The summed E-state index contributed by atoms with van der Waals surface area (Å²) in [5.74, 6) is 1.86. The number of anilines is 3. The molecule has 0 amide bonds. The molecule has 222 valence electrons. The lowest BCUT2D eigenvalue weighted by Gasteiger charge is -2.29. The number of hydrogen-bond donors (Lipinski definition) is 3. The molecule has 3 unspecified atom stereocenters. The van der Waals surface area contributed by atoms with Crippen molar-refractivity contribution in [1.29, 1.82) is 0 Å². The third-order valence-corrected chi connectivity index (χ3v) is 7.61. The van der Waals surface area contributed by atoms with Crippen molar-refractivity contribution in [3.63, 3.8) is 0 Å². The molecule has 3 atom stereocenters. The summed E-state index contributed by atoms with van der Waals surface area (Å²) >= 11 is 0. The van der Waals surface area contributed by atoms with E-state index in [4.69, 9.17) is 14.2 Å². The summed E-state index contributed by atoms with van der Waals surface area (Å²) in [6.45, 7) is 11.6. The van der Waals surface area contributed by atoms with E-state index in [9.17, 15) is 0 Å². The Balaban J connectivity index is 1.25. The highest BCUT2D eigenvalue weighted by atomic mass is 16.6. The van der Waals surface area contributed by atoms with Gasteiger partial charge in [-0.05, 0) is 0 Å². The monoisotopic (exact) mass is 552 g/mol. The first kappa shape index (κ1) is 30.1. The fraction of sp³-hybridized carbons (Fsp3) is 0.889. The molecule has 12 nitrogen and oxygen atoms in total. The molecular formula is C27H54N9O3+3. The summed E-state index contributed by atoms with van der Waals surface area (Å²) in [5.41, 5.74) is 0. The van der Waals surface area contributed by atoms with Crippen molar-refractivity contribution < 1.29 is 27.7 Å².